The van der Waals surface area contributed by atoms with Crippen molar-refractivity contribution in [3.05, 3.63) is 35.4 Å². The lowest BCUT2D eigenvalue weighted by Gasteiger charge is -2.23. The smallest absolute Gasteiger partial charge is 0.172 e. The first-order chi connectivity index (χ1) is 9.08. The molecule has 0 saturated carbocycles. The molecule has 2 N–H and O–H groups in total. The van der Waals surface area contributed by atoms with Crippen LogP contribution < -0.4 is 5.73 Å². The van der Waals surface area contributed by atoms with E-state index in [1.807, 2.05) is 13.8 Å². The number of hydrogen-bond donors (Lipinski definition) is 1. The molecule has 1 unspecified atom stereocenters. The zero-order chi connectivity index (χ0) is 14.3. The third-order valence-electron chi connectivity index (χ3n) is 3.13. The fraction of sp³-hybridized carbons (Fsp3) is 0.625. The zero-order valence-corrected chi connectivity index (χ0v) is 12.6. The van der Waals surface area contributed by atoms with Crippen LogP contribution in [0.3, 0.4) is 0 Å². The van der Waals surface area contributed by atoms with Crippen molar-refractivity contribution in [3.8, 4) is 0 Å². The molecule has 3 nitrogen and oxygen atoms in total. The Labute approximate surface area is 117 Å². The van der Waals surface area contributed by atoms with E-state index in [0.29, 0.717) is 19.1 Å². The van der Waals surface area contributed by atoms with Crippen LogP contribution in [-0.4, -0.2) is 25.5 Å². The highest BCUT2D eigenvalue weighted by molar-refractivity contribution is 5.25. The Hall–Kier alpha value is -0.900. The number of nitrogens with two attached hydrogens (primary N) is 1. The van der Waals surface area contributed by atoms with Gasteiger partial charge in [0.1, 0.15) is 0 Å². The first kappa shape index (κ1) is 16.2. The lowest BCUT2D eigenvalue weighted by molar-refractivity contribution is -0.148. The number of benzene rings is 1. The normalized spacial score (nSPS) is 13.2. The second-order valence-electron chi connectivity index (χ2n) is 5.04. The highest BCUT2D eigenvalue weighted by Crippen LogP contribution is 2.16. The molecule has 1 atom stereocenters. The third-order valence-corrected chi connectivity index (χ3v) is 3.13. The van der Waals surface area contributed by atoms with E-state index in [9.17, 15) is 0 Å². The van der Waals surface area contributed by atoms with Crippen molar-refractivity contribution in [3.63, 3.8) is 0 Å². The first-order valence-corrected chi connectivity index (χ1v) is 7.16. The van der Waals surface area contributed by atoms with Crippen molar-refractivity contribution in [2.45, 2.75) is 52.4 Å². The van der Waals surface area contributed by atoms with Crippen molar-refractivity contribution in [2.75, 3.05) is 13.2 Å². The zero-order valence-electron chi connectivity index (χ0n) is 12.6. The van der Waals surface area contributed by atoms with Crippen LogP contribution in [0.15, 0.2) is 24.3 Å². The summed E-state index contributed by atoms with van der Waals surface area (Å²) in [5.41, 5.74) is 8.74. The van der Waals surface area contributed by atoms with Crippen molar-refractivity contribution in [2.24, 2.45) is 5.73 Å². The van der Waals surface area contributed by atoms with Crippen LogP contribution >= 0.6 is 0 Å². The maximum Gasteiger partial charge on any atom is 0.172 e. The van der Waals surface area contributed by atoms with Gasteiger partial charge in [-0.3, -0.25) is 0 Å². The van der Waals surface area contributed by atoms with Crippen molar-refractivity contribution in [1.82, 2.24) is 0 Å². The summed E-state index contributed by atoms with van der Waals surface area (Å²) in [5, 5.41) is 0. The molecule has 108 valence electrons. The molecule has 3 heteroatoms. The molecule has 0 heterocycles. The van der Waals surface area contributed by atoms with Crippen molar-refractivity contribution >= 4 is 0 Å². The van der Waals surface area contributed by atoms with E-state index in [-0.39, 0.29) is 12.3 Å². The van der Waals surface area contributed by atoms with Crippen molar-refractivity contribution in [1.29, 1.82) is 0 Å². The van der Waals surface area contributed by atoms with Gasteiger partial charge in [-0.25, -0.2) is 0 Å². The second kappa shape index (κ2) is 8.31. The van der Waals surface area contributed by atoms with Crippen LogP contribution in [0.25, 0.3) is 0 Å². The number of ether oxygens (including phenoxy) is 2. The van der Waals surface area contributed by atoms with Crippen molar-refractivity contribution < 1.29 is 9.47 Å². The Morgan fingerprint density at radius 2 is 1.53 bits per heavy atom. The molecule has 0 bridgehead atoms. The van der Waals surface area contributed by atoms with Crippen LogP contribution in [0.4, 0.5) is 0 Å². The number of rotatable bonds is 8. The predicted octanol–water partition coefficient (Wildman–Crippen LogP) is 3.08. The Kier molecular flexibility index (Phi) is 7.06. The topological polar surface area (TPSA) is 44.5 Å². The minimum Gasteiger partial charge on any atom is -0.351 e. The van der Waals surface area contributed by atoms with Gasteiger partial charge in [-0.15, -0.1) is 0 Å². The monoisotopic (exact) mass is 265 g/mol. The molecule has 0 spiro atoms. The van der Waals surface area contributed by atoms with Crippen LogP contribution in [0.5, 0.6) is 0 Å². The molecule has 1 rings (SSSR count). The van der Waals surface area contributed by atoms with Gasteiger partial charge in [-0.05, 0) is 37.3 Å². The summed E-state index contributed by atoms with van der Waals surface area (Å²) in [6, 6.07) is 8.49. The average Bonchev–Trinajstić information content (AvgIpc) is 2.39. The third kappa shape index (κ3) is 5.31. The minimum atomic E-state index is -0.320. The molecule has 0 aliphatic carbocycles. The highest BCUT2D eigenvalue weighted by Gasteiger charge is 2.18. The molecule has 0 fully saturated rings. The summed E-state index contributed by atoms with van der Waals surface area (Å²) >= 11 is 0. The van der Waals surface area contributed by atoms with Gasteiger partial charge < -0.3 is 15.2 Å². The molecular formula is C16H27NO2. The van der Waals surface area contributed by atoms with E-state index in [4.69, 9.17) is 15.2 Å². The maximum absolute atomic E-state index is 6.17. The lowest BCUT2D eigenvalue weighted by atomic mass is 9.99. The summed E-state index contributed by atoms with van der Waals surface area (Å²) < 4.78 is 11.1. The summed E-state index contributed by atoms with van der Waals surface area (Å²) in [7, 11) is 0. The predicted molar refractivity (Wildman–Crippen MR) is 79.3 cm³/mol. The van der Waals surface area contributed by atoms with Crippen LogP contribution in [-0.2, 0) is 15.9 Å². The molecular weight excluding hydrogens is 238 g/mol. The second-order valence-corrected chi connectivity index (χ2v) is 5.04. The molecule has 0 saturated heterocycles. The van der Waals surface area contributed by atoms with Gasteiger partial charge in [-0.2, -0.15) is 0 Å². The van der Waals surface area contributed by atoms with Crippen LogP contribution in [0, 0.1) is 0 Å². The Bertz CT molecular complexity index is 342. The van der Waals surface area contributed by atoms with Gasteiger partial charge in [0.05, 0.1) is 6.04 Å². The van der Waals surface area contributed by atoms with Gasteiger partial charge >= 0.3 is 0 Å². The molecule has 19 heavy (non-hydrogen) atoms. The van der Waals surface area contributed by atoms with E-state index in [1.165, 1.54) is 11.1 Å². The molecule has 1 aromatic rings. The van der Waals surface area contributed by atoms with Gasteiger partial charge in [0.15, 0.2) is 6.29 Å². The Balaban J connectivity index is 2.61. The van der Waals surface area contributed by atoms with E-state index in [1.54, 1.807) is 0 Å². The summed E-state index contributed by atoms with van der Waals surface area (Å²) in [6.45, 7) is 9.53. The largest absolute Gasteiger partial charge is 0.351 e. The van der Waals surface area contributed by atoms with Crippen LogP contribution in [0.1, 0.15) is 44.7 Å². The number of hydrogen-bond acceptors (Lipinski definition) is 3. The summed E-state index contributed by atoms with van der Waals surface area (Å²) in [4.78, 5) is 0. The first-order valence-electron chi connectivity index (χ1n) is 7.16. The summed E-state index contributed by atoms with van der Waals surface area (Å²) in [6.07, 6.45) is 0.447. The molecule has 0 radical (unpaired) electrons. The Morgan fingerprint density at radius 1 is 1.00 bits per heavy atom. The average molecular weight is 265 g/mol. The summed E-state index contributed by atoms with van der Waals surface area (Å²) in [5.74, 6) is 0.558. The molecule has 0 aromatic heterocycles. The molecule has 0 amide bonds. The fourth-order valence-electron chi connectivity index (χ4n) is 2.03. The van der Waals surface area contributed by atoms with Gasteiger partial charge in [0, 0.05) is 13.2 Å². The quantitative estimate of drug-likeness (QED) is 0.735. The van der Waals surface area contributed by atoms with Gasteiger partial charge in [0.2, 0.25) is 0 Å². The van der Waals surface area contributed by atoms with Gasteiger partial charge in [-0.1, -0.05) is 38.1 Å². The fourth-order valence-corrected chi connectivity index (χ4v) is 2.03. The highest BCUT2D eigenvalue weighted by atomic mass is 16.7. The van der Waals surface area contributed by atoms with Crippen LogP contribution in [0.2, 0.25) is 0 Å². The molecule has 0 aliphatic rings. The minimum absolute atomic E-state index is 0.134. The standard InChI is InChI=1S/C16H27NO2/c1-5-18-16(19-6-2)15(17)11-13-7-9-14(10-8-13)12(3)4/h7-10,12,15-16H,5-6,11,17H2,1-4H3. The van der Waals surface area contributed by atoms with Gasteiger partial charge in [0.25, 0.3) is 0 Å². The van der Waals surface area contributed by atoms with E-state index < -0.39 is 0 Å². The SMILES string of the molecule is CCOC(OCC)C(N)Cc1ccc(C(C)C)cc1. The molecule has 1 aromatic carbocycles. The maximum atomic E-state index is 6.17. The van der Waals surface area contributed by atoms with E-state index in [2.05, 4.69) is 38.1 Å². The van der Waals surface area contributed by atoms with E-state index in [0.717, 1.165) is 6.42 Å². The van der Waals surface area contributed by atoms with E-state index >= 15 is 0 Å². The lowest BCUT2D eigenvalue weighted by Crippen LogP contribution is -2.40. The molecule has 0 aliphatic heterocycles. The Morgan fingerprint density at radius 3 is 1.95 bits per heavy atom.